The third-order valence-electron chi connectivity index (χ3n) is 5.46. The zero-order chi connectivity index (χ0) is 20.5. The van der Waals surface area contributed by atoms with Crippen LogP contribution in [0, 0.1) is 11.3 Å². The summed E-state index contributed by atoms with van der Waals surface area (Å²) in [5.41, 5.74) is 3.88. The molecular weight excluding hydrogens is 370 g/mol. The van der Waals surface area contributed by atoms with Crippen LogP contribution in [-0.4, -0.2) is 18.5 Å². The first-order chi connectivity index (χ1) is 13.2. The number of fused-ring (bicyclic) bond motifs is 1. The van der Waals surface area contributed by atoms with E-state index in [-0.39, 0.29) is 11.1 Å². The second-order valence-electron chi connectivity index (χ2n) is 7.90. The summed E-state index contributed by atoms with van der Waals surface area (Å²) in [4.78, 5) is 14.8. The lowest BCUT2D eigenvalue weighted by Crippen LogP contribution is -2.45. The maximum absolute atomic E-state index is 12.5. The van der Waals surface area contributed by atoms with Crippen LogP contribution in [0.15, 0.2) is 48.0 Å². The molecule has 0 aliphatic carbocycles. The van der Waals surface area contributed by atoms with Crippen molar-refractivity contribution < 1.29 is 4.79 Å². The van der Waals surface area contributed by atoms with Gasteiger partial charge in [-0.05, 0) is 67.7 Å². The Balaban J connectivity index is 1.90. The summed E-state index contributed by atoms with van der Waals surface area (Å²) in [5, 5.41) is 12.6. The first kappa shape index (κ1) is 20.0. The number of rotatable bonds is 3. The molecule has 0 spiro atoms. The summed E-state index contributed by atoms with van der Waals surface area (Å²) in [6, 6.07) is 15.0. The molecule has 1 atom stereocenters. The van der Waals surface area contributed by atoms with E-state index in [0.29, 0.717) is 16.6 Å². The molecule has 5 heteroatoms. The average molecular weight is 394 g/mol. The van der Waals surface area contributed by atoms with Crippen molar-refractivity contribution in [2.75, 3.05) is 17.3 Å². The molecule has 1 heterocycles. The number of para-hydroxylation sites is 1. The number of nitrogens with one attached hydrogen (secondary N) is 1. The van der Waals surface area contributed by atoms with Gasteiger partial charge in [0.05, 0.1) is 10.7 Å². The Labute approximate surface area is 171 Å². The topological polar surface area (TPSA) is 56.1 Å². The molecule has 1 aliphatic rings. The van der Waals surface area contributed by atoms with Crippen LogP contribution < -0.4 is 10.2 Å². The molecule has 0 bridgehead atoms. The summed E-state index contributed by atoms with van der Waals surface area (Å²) in [7, 11) is 2.11. The van der Waals surface area contributed by atoms with Crippen LogP contribution in [-0.2, 0) is 4.79 Å². The third-order valence-corrected chi connectivity index (χ3v) is 5.79. The van der Waals surface area contributed by atoms with E-state index in [2.05, 4.69) is 50.2 Å². The average Bonchev–Trinajstić information content (AvgIpc) is 2.65. The highest BCUT2D eigenvalue weighted by atomic mass is 35.5. The van der Waals surface area contributed by atoms with Gasteiger partial charge in [0.2, 0.25) is 0 Å². The normalized spacial score (nSPS) is 18.2. The maximum Gasteiger partial charge on any atom is 0.266 e. The highest BCUT2D eigenvalue weighted by Gasteiger charge is 2.33. The summed E-state index contributed by atoms with van der Waals surface area (Å²) in [5.74, 6) is -0.0725. The van der Waals surface area contributed by atoms with Crippen molar-refractivity contribution in [3.05, 3.63) is 64.2 Å². The Bertz CT molecular complexity index is 988. The molecule has 0 fully saturated rings. The number of nitriles is 1. The minimum Gasteiger partial charge on any atom is -0.369 e. The number of hydrogen-bond donors (Lipinski definition) is 1. The summed E-state index contributed by atoms with van der Waals surface area (Å²) < 4.78 is 0. The number of halogens is 1. The Hall–Kier alpha value is -2.77. The third kappa shape index (κ3) is 3.90. The van der Waals surface area contributed by atoms with Crippen molar-refractivity contribution in [1.82, 2.24) is 0 Å². The fourth-order valence-electron chi connectivity index (χ4n) is 3.75. The Morgan fingerprint density at radius 1 is 1.32 bits per heavy atom. The largest absolute Gasteiger partial charge is 0.369 e. The fraction of sp³-hybridized carbons (Fsp3) is 0.304. The molecule has 1 N–H and O–H groups in total. The molecule has 1 aliphatic heterocycles. The van der Waals surface area contributed by atoms with E-state index in [4.69, 9.17) is 11.6 Å². The fourth-order valence-corrected chi connectivity index (χ4v) is 3.94. The zero-order valence-electron chi connectivity index (χ0n) is 16.6. The monoisotopic (exact) mass is 393 g/mol. The predicted molar refractivity (Wildman–Crippen MR) is 116 cm³/mol. The van der Waals surface area contributed by atoms with E-state index < -0.39 is 5.91 Å². The molecule has 0 aromatic heterocycles. The first-order valence-electron chi connectivity index (χ1n) is 9.28. The van der Waals surface area contributed by atoms with Gasteiger partial charge in [-0.1, -0.05) is 36.7 Å². The van der Waals surface area contributed by atoms with Gasteiger partial charge in [-0.25, -0.2) is 0 Å². The van der Waals surface area contributed by atoms with Gasteiger partial charge < -0.3 is 10.2 Å². The molecule has 2 aromatic rings. The van der Waals surface area contributed by atoms with Crippen molar-refractivity contribution in [2.24, 2.45) is 0 Å². The molecule has 0 saturated carbocycles. The zero-order valence-corrected chi connectivity index (χ0v) is 17.3. The van der Waals surface area contributed by atoms with Gasteiger partial charge in [-0.2, -0.15) is 5.26 Å². The first-order valence-corrected chi connectivity index (χ1v) is 9.66. The lowest BCUT2D eigenvalue weighted by molar-refractivity contribution is -0.112. The Kier molecular flexibility index (Phi) is 5.49. The van der Waals surface area contributed by atoms with E-state index in [1.807, 2.05) is 12.1 Å². The molecule has 0 saturated heterocycles. The Morgan fingerprint density at radius 2 is 2.04 bits per heavy atom. The highest BCUT2D eigenvalue weighted by Crippen LogP contribution is 2.42. The van der Waals surface area contributed by atoms with Gasteiger partial charge in [0.25, 0.3) is 5.91 Å². The van der Waals surface area contributed by atoms with Crippen LogP contribution in [0.2, 0.25) is 5.02 Å². The molecule has 1 amide bonds. The van der Waals surface area contributed by atoms with Crippen molar-refractivity contribution in [1.29, 1.82) is 5.26 Å². The molecule has 2 aromatic carbocycles. The van der Waals surface area contributed by atoms with Gasteiger partial charge >= 0.3 is 0 Å². The lowest BCUT2D eigenvalue weighted by Gasteiger charge is -2.45. The van der Waals surface area contributed by atoms with Crippen molar-refractivity contribution >= 4 is 35.0 Å². The van der Waals surface area contributed by atoms with E-state index in [9.17, 15) is 10.1 Å². The molecule has 4 nitrogen and oxygen atoms in total. The SMILES string of the molecule is CC1CC(C)(C)N(C)c2ccc(/C=C(\C#N)C(=O)Nc3ccccc3Cl)cc21. The smallest absolute Gasteiger partial charge is 0.266 e. The second kappa shape index (κ2) is 7.69. The number of carbonyl (C=O) groups is 1. The van der Waals surface area contributed by atoms with Crippen molar-refractivity contribution in [2.45, 2.75) is 38.6 Å². The number of anilines is 2. The van der Waals surface area contributed by atoms with Gasteiger partial charge in [0, 0.05) is 18.3 Å². The molecule has 3 rings (SSSR count). The van der Waals surface area contributed by atoms with Crippen LogP contribution in [0.4, 0.5) is 11.4 Å². The number of benzene rings is 2. The number of nitrogens with zero attached hydrogens (tertiary/aromatic N) is 2. The molecule has 1 unspecified atom stereocenters. The minimum atomic E-state index is -0.473. The van der Waals surface area contributed by atoms with Gasteiger partial charge in [-0.15, -0.1) is 0 Å². The van der Waals surface area contributed by atoms with E-state index in [1.54, 1.807) is 30.3 Å². The van der Waals surface area contributed by atoms with Crippen molar-refractivity contribution in [3.8, 4) is 6.07 Å². The summed E-state index contributed by atoms with van der Waals surface area (Å²) in [6.45, 7) is 6.70. The van der Waals surface area contributed by atoms with E-state index >= 15 is 0 Å². The number of amides is 1. The van der Waals surface area contributed by atoms with Gasteiger partial charge in [0.1, 0.15) is 11.6 Å². The van der Waals surface area contributed by atoms with Gasteiger partial charge in [-0.3, -0.25) is 4.79 Å². The second-order valence-corrected chi connectivity index (χ2v) is 8.31. The van der Waals surface area contributed by atoms with Crippen LogP contribution in [0.1, 0.15) is 44.2 Å². The van der Waals surface area contributed by atoms with Crippen LogP contribution in [0.5, 0.6) is 0 Å². The molecule has 144 valence electrons. The van der Waals surface area contributed by atoms with Gasteiger partial charge in [0.15, 0.2) is 0 Å². The molecule has 28 heavy (non-hydrogen) atoms. The predicted octanol–water partition coefficient (Wildman–Crippen LogP) is 5.61. The number of carbonyl (C=O) groups excluding carboxylic acids is 1. The Morgan fingerprint density at radius 3 is 2.71 bits per heavy atom. The summed E-state index contributed by atoms with van der Waals surface area (Å²) >= 11 is 6.09. The standard InChI is InChI=1S/C23H24ClN3O/c1-15-13-23(2,3)27(4)21-10-9-16(12-18(15)21)11-17(14-25)22(28)26-20-8-6-5-7-19(20)24/h5-12,15H,13H2,1-4H3,(H,26,28)/b17-11+. The van der Waals surface area contributed by atoms with Crippen LogP contribution in [0.3, 0.4) is 0 Å². The number of hydrogen-bond acceptors (Lipinski definition) is 3. The quantitative estimate of drug-likeness (QED) is 0.544. The molecule has 0 radical (unpaired) electrons. The van der Waals surface area contributed by atoms with Crippen molar-refractivity contribution in [3.63, 3.8) is 0 Å². The summed E-state index contributed by atoms with van der Waals surface area (Å²) in [6.07, 6.45) is 2.67. The van der Waals surface area contributed by atoms with Crippen LogP contribution in [0.25, 0.3) is 6.08 Å². The maximum atomic E-state index is 12.5. The van der Waals surface area contributed by atoms with Crippen LogP contribution >= 0.6 is 11.6 Å². The highest BCUT2D eigenvalue weighted by molar-refractivity contribution is 6.34. The van der Waals surface area contributed by atoms with E-state index in [1.165, 1.54) is 11.3 Å². The van der Waals surface area contributed by atoms with E-state index in [0.717, 1.165) is 12.0 Å². The molecular formula is C23H24ClN3O. The lowest BCUT2D eigenvalue weighted by atomic mass is 9.80. The minimum absolute atomic E-state index is 0.0389.